The van der Waals surface area contributed by atoms with E-state index in [-0.39, 0.29) is 0 Å². The average molecular weight is 295 g/mol. The highest BCUT2D eigenvalue weighted by molar-refractivity contribution is 7.89. The Bertz CT molecular complexity index is 544. The van der Waals surface area contributed by atoms with Gasteiger partial charge in [-0.05, 0) is 37.1 Å². The number of hydrogen-bond donors (Lipinski definition) is 1. The van der Waals surface area contributed by atoms with Crippen LogP contribution in [0.15, 0.2) is 29.2 Å². The number of anilines is 1. The van der Waals surface area contributed by atoms with E-state index in [4.69, 9.17) is 0 Å². The lowest BCUT2D eigenvalue weighted by atomic mass is 10.2. The molecule has 0 aliphatic carbocycles. The van der Waals surface area contributed by atoms with Crippen molar-refractivity contribution in [2.75, 3.05) is 44.2 Å². The van der Waals surface area contributed by atoms with Crippen LogP contribution in [-0.4, -0.2) is 52.0 Å². The zero-order valence-electron chi connectivity index (χ0n) is 11.6. The summed E-state index contributed by atoms with van der Waals surface area (Å²) in [7, 11) is -3.28. The van der Waals surface area contributed by atoms with Crippen molar-refractivity contribution in [2.24, 2.45) is 0 Å². The summed E-state index contributed by atoms with van der Waals surface area (Å²) in [6, 6.07) is 7.33. The lowest BCUT2D eigenvalue weighted by Crippen LogP contribution is -2.43. The summed E-state index contributed by atoms with van der Waals surface area (Å²) >= 11 is 0. The van der Waals surface area contributed by atoms with Gasteiger partial charge in [-0.15, -0.1) is 0 Å². The highest BCUT2D eigenvalue weighted by atomic mass is 32.2. The van der Waals surface area contributed by atoms with Crippen LogP contribution in [0.25, 0.3) is 0 Å². The molecule has 2 saturated heterocycles. The third-order valence-corrected chi connectivity index (χ3v) is 5.93. The van der Waals surface area contributed by atoms with Crippen molar-refractivity contribution in [1.82, 2.24) is 9.62 Å². The quantitative estimate of drug-likeness (QED) is 0.899. The Hall–Kier alpha value is -1.11. The predicted octanol–water partition coefficient (Wildman–Crippen LogP) is 0.881. The number of benzene rings is 1. The minimum Gasteiger partial charge on any atom is -0.369 e. The van der Waals surface area contributed by atoms with Crippen molar-refractivity contribution in [1.29, 1.82) is 0 Å². The molecule has 0 aromatic heterocycles. The first kappa shape index (κ1) is 13.9. The van der Waals surface area contributed by atoms with E-state index in [1.165, 1.54) is 0 Å². The van der Waals surface area contributed by atoms with Gasteiger partial charge in [-0.25, -0.2) is 8.42 Å². The van der Waals surface area contributed by atoms with Gasteiger partial charge in [0.25, 0.3) is 0 Å². The Labute approximate surface area is 120 Å². The van der Waals surface area contributed by atoms with Crippen molar-refractivity contribution in [3.05, 3.63) is 24.3 Å². The number of sulfonamides is 1. The summed E-state index contributed by atoms with van der Waals surface area (Å²) in [6.45, 7) is 5.21. The number of hydrogen-bond acceptors (Lipinski definition) is 4. The van der Waals surface area contributed by atoms with Crippen molar-refractivity contribution >= 4 is 15.7 Å². The number of nitrogens with one attached hydrogen (secondary N) is 1. The predicted molar refractivity (Wildman–Crippen MR) is 79.5 cm³/mol. The van der Waals surface area contributed by atoms with Gasteiger partial charge in [0.1, 0.15) is 0 Å². The molecule has 1 aromatic rings. The van der Waals surface area contributed by atoms with Crippen LogP contribution in [0.2, 0.25) is 0 Å². The topological polar surface area (TPSA) is 52.7 Å². The largest absolute Gasteiger partial charge is 0.369 e. The summed E-state index contributed by atoms with van der Waals surface area (Å²) in [5.41, 5.74) is 1.10. The van der Waals surface area contributed by atoms with Gasteiger partial charge in [0.2, 0.25) is 10.0 Å². The average Bonchev–Trinajstić information content (AvgIpc) is 3.03. The Morgan fingerprint density at radius 2 is 1.50 bits per heavy atom. The number of rotatable bonds is 3. The van der Waals surface area contributed by atoms with Crippen molar-refractivity contribution in [3.63, 3.8) is 0 Å². The van der Waals surface area contributed by atoms with E-state index in [0.29, 0.717) is 18.0 Å². The Kier molecular flexibility index (Phi) is 3.96. The molecule has 0 atom stereocenters. The van der Waals surface area contributed by atoms with Crippen LogP contribution in [0.1, 0.15) is 12.8 Å². The summed E-state index contributed by atoms with van der Waals surface area (Å²) in [5, 5.41) is 3.31. The normalized spacial score (nSPS) is 21.3. The van der Waals surface area contributed by atoms with Gasteiger partial charge in [0, 0.05) is 45.0 Å². The summed E-state index contributed by atoms with van der Waals surface area (Å²) < 4.78 is 26.4. The monoisotopic (exact) mass is 295 g/mol. The molecule has 0 radical (unpaired) electrons. The van der Waals surface area contributed by atoms with Crippen LogP contribution in [0.3, 0.4) is 0 Å². The van der Waals surface area contributed by atoms with E-state index in [1.807, 2.05) is 12.1 Å². The highest BCUT2D eigenvalue weighted by Gasteiger charge is 2.27. The van der Waals surface area contributed by atoms with Gasteiger partial charge in [-0.1, -0.05) is 0 Å². The fraction of sp³-hybridized carbons (Fsp3) is 0.571. The van der Waals surface area contributed by atoms with Crippen molar-refractivity contribution < 1.29 is 8.42 Å². The van der Waals surface area contributed by atoms with Crippen LogP contribution in [0, 0.1) is 0 Å². The maximum atomic E-state index is 12.4. The molecule has 0 amide bonds. The molecule has 3 rings (SSSR count). The Morgan fingerprint density at radius 1 is 0.900 bits per heavy atom. The molecule has 20 heavy (non-hydrogen) atoms. The van der Waals surface area contributed by atoms with Crippen LogP contribution in [-0.2, 0) is 10.0 Å². The minimum atomic E-state index is -3.28. The van der Waals surface area contributed by atoms with Crippen molar-refractivity contribution in [2.45, 2.75) is 17.7 Å². The fourth-order valence-electron chi connectivity index (χ4n) is 2.83. The first-order valence-corrected chi connectivity index (χ1v) is 8.68. The molecule has 2 heterocycles. The molecule has 5 nitrogen and oxygen atoms in total. The van der Waals surface area contributed by atoms with Gasteiger partial charge in [-0.3, -0.25) is 0 Å². The second-order valence-electron chi connectivity index (χ2n) is 5.34. The van der Waals surface area contributed by atoms with Crippen molar-refractivity contribution in [3.8, 4) is 0 Å². The molecule has 6 heteroatoms. The Morgan fingerprint density at radius 3 is 2.10 bits per heavy atom. The van der Waals surface area contributed by atoms with E-state index in [9.17, 15) is 8.42 Å². The highest BCUT2D eigenvalue weighted by Crippen LogP contribution is 2.23. The maximum absolute atomic E-state index is 12.4. The van der Waals surface area contributed by atoms with E-state index in [0.717, 1.165) is 44.7 Å². The standard InChI is InChI=1S/C14H21N3O2S/c18-20(19,17-9-1-2-10-17)14-5-3-13(4-6-14)16-11-7-15-8-12-16/h3-6,15H,1-2,7-12H2. The molecular formula is C14H21N3O2S. The van der Waals surface area contributed by atoms with Crippen LogP contribution in [0.5, 0.6) is 0 Å². The van der Waals surface area contributed by atoms with Gasteiger partial charge < -0.3 is 10.2 Å². The minimum absolute atomic E-state index is 0.415. The zero-order valence-corrected chi connectivity index (χ0v) is 12.4. The summed E-state index contributed by atoms with van der Waals surface area (Å²) in [6.07, 6.45) is 1.94. The van der Waals surface area contributed by atoms with Crippen LogP contribution in [0.4, 0.5) is 5.69 Å². The maximum Gasteiger partial charge on any atom is 0.243 e. The van der Waals surface area contributed by atoms with Gasteiger partial charge in [-0.2, -0.15) is 4.31 Å². The first-order valence-electron chi connectivity index (χ1n) is 7.24. The molecule has 0 bridgehead atoms. The second-order valence-corrected chi connectivity index (χ2v) is 7.28. The molecule has 0 spiro atoms. The molecule has 2 aliphatic rings. The van der Waals surface area contributed by atoms with Gasteiger partial charge >= 0.3 is 0 Å². The second kappa shape index (κ2) is 5.71. The molecular weight excluding hydrogens is 274 g/mol. The van der Waals surface area contributed by atoms with E-state index >= 15 is 0 Å². The Balaban J connectivity index is 1.78. The lowest BCUT2D eigenvalue weighted by Gasteiger charge is -2.29. The number of piperazine rings is 1. The molecule has 2 fully saturated rings. The molecule has 0 unspecified atom stereocenters. The SMILES string of the molecule is O=S(=O)(c1ccc(N2CCNCC2)cc1)N1CCCC1. The van der Waals surface area contributed by atoms with Crippen LogP contribution < -0.4 is 10.2 Å². The molecule has 2 aliphatic heterocycles. The lowest BCUT2D eigenvalue weighted by molar-refractivity contribution is 0.477. The third-order valence-electron chi connectivity index (χ3n) is 4.02. The fourth-order valence-corrected chi connectivity index (χ4v) is 4.35. The van der Waals surface area contributed by atoms with E-state index in [2.05, 4.69) is 10.2 Å². The molecule has 1 aromatic carbocycles. The van der Waals surface area contributed by atoms with Gasteiger partial charge in [0.05, 0.1) is 4.90 Å². The van der Waals surface area contributed by atoms with E-state index in [1.54, 1.807) is 16.4 Å². The molecule has 110 valence electrons. The summed E-state index contributed by atoms with van der Waals surface area (Å²) in [4.78, 5) is 2.70. The molecule has 0 saturated carbocycles. The molecule has 1 N–H and O–H groups in total. The number of nitrogens with zero attached hydrogens (tertiary/aromatic N) is 2. The van der Waals surface area contributed by atoms with Crippen LogP contribution >= 0.6 is 0 Å². The summed E-state index contributed by atoms with van der Waals surface area (Å²) in [5.74, 6) is 0. The smallest absolute Gasteiger partial charge is 0.243 e. The van der Waals surface area contributed by atoms with E-state index < -0.39 is 10.0 Å². The third kappa shape index (κ3) is 2.68. The van der Waals surface area contributed by atoms with Gasteiger partial charge in [0.15, 0.2) is 0 Å². The first-order chi connectivity index (χ1) is 9.68. The zero-order chi connectivity index (χ0) is 14.0.